The van der Waals surface area contributed by atoms with E-state index in [1.807, 2.05) is 12.1 Å². The fourth-order valence-corrected chi connectivity index (χ4v) is 1.80. The van der Waals surface area contributed by atoms with Crippen LogP contribution in [0.3, 0.4) is 0 Å². The third kappa shape index (κ3) is 3.61. The van der Waals surface area contributed by atoms with Crippen molar-refractivity contribution < 1.29 is 4.52 Å². The second-order valence-corrected chi connectivity index (χ2v) is 4.89. The topological polar surface area (TPSA) is 77.8 Å². The Hall–Kier alpha value is -1.27. The van der Waals surface area contributed by atoms with Gasteiger partial charge < -0.3 is 10.3 Å². The van der Waals surface area contributed by atoms with Gasteiger partial charge in [0.15, 0.2) is 0 Å². The van der Waals surface area contributed by atoms with Crippen LogP contribution in [0.25, 0.3) is 11.5 Å². The summed E-state index contributed by atoms with van der Waals surface area (Å²) in [5.74, 6) is 1.20. The van der Waals surface area contributed by atoms with Crippen molar-refractivity contribution in [2.45, 2.75) is 25.7 Å². The highest BCUT2D eigenvalue weighted by Gasteiger charge is 2.09. The molecule has 2 N–H and O–H groups in total. The maximum absolute atomic E-state index is 5.44. The standard InChI is InChI=1S/C12H15BrN4O/c13-9-5-6-10(15-8-9)12-16-11(18-17-12)4-2-1-3-7-14/h5-6,8H,1-4,7,14H2. The maximum Gasteiger partial charge on any atom is 0.227 e. The Morgan fingerprint density at radius 1 is 1.22 bits per heavy atom. The van der Waals surface area contributed by atoms with E-state index in [-0.39, 0.29) is 0 Å². The summed E-state index contributed by atoms with van der Waals surface area (Å²) in [6.07, 6.45) is 5.66. The molecular weight excluding hydrogens is 296 g/mol. The summed E-state index contributed by atoms with van der Waals surface area (Å²) < 4.78 is 6.11. The molecule has 0 spiro atoms. The average Bonchev–Trinajstić information content (AvgIpc) is 2.84. The molecule has 0 saturated carbocycles. The summed E-state index contributed by atoms with van der Waals surface area (Å²) in [5.41, 5.74) is 6.15. The minimum Gasteiger partial charge on any atom is -0.339 e. The van der Waals surface area contributed by atoms with E-state index < -0.39 is 0 Å². The molecule has 0 bridgehead atoms. The van der Waals surface area contributed by atoms with Gasteiger partial charge in [0, 0.05) is 17.1 Å². The van der Waals surface area contributed by atoms with Crippen LogP contribution in [0.4, 0.5) is 0 Å². The maximum atomic E-state index is 5.44. The van der Waals surface area contributed by atoms with Crippen LogP contribution in [0.15, 0.2) is 27.3 Å². The first-order valence-corrected chi connectivity index (χ1v) is 6.73. The van der Waals surface area contributed by atoms with Gasteiger partial charge in [0.2, 0.25) is 11.7 Å². The number of aryl methyl sites for hydroxylation is 1. The van der Waals surface area contributed by atoms with E-state index in [2.05, 4.69) is 31.1 Å². The molecule has 0 radical (unpaired) electrons. The number of pyridine rings is 1. The van der Waals surface area contributed by atoms with Crippen molar-refractivity contribution in [2.75, 3.05) is 6.54 Å². The summed E-state index contributed by atoms with van der Waals surface area (Å²) >= 11 is 3.34. The zero-order chi connectivity index (χ0) is 12.8. The van der Waals surface area contributed by atoms with Crippen molar-refractivity contribution in [1.82, 2.24) is 15.1 Å². The lowest BCUT2D eigenvalue weighted by atomic mass is 10.2. The molecule has 0 aromatic carbocycles. The molecular formula is C12H15BrN4O. The molecule has 5 nitrogen and oxygen atoms in total. The largest absolute Gasteiger partial charge is 0.339 e. The lowest BCUT2D eigenvalue weighted by Gasteiger charge is -1.94. The predicted octanol–water partition coefficient (Wildman–Crippen LogP) is 2.57. The molecule has 2 aromatic rings. The molecule has 18 heavy (non-hydrogen) atoms. The summed E-state index contributed by atoms with van der Waals surface area (Å²) in [4.78, 5) is 8.54. The zero-order valence-electron chi connectivity index (χ0n) is 9.97. The number of rotatable bonds is 6. The first kappa shape index (κ1) is 13.2. The number of aromatic nitrogens is 3. The Balaban J connectivity index is 1.95. The number of unbranched alkanes of at least 4 members (excludes halogenated alkanes) is 2. The quantitative estimate of drug-likeness (QED) is 0.830. The molecule has 2 heterocycles. The summed E-state index contributed by atoms with van der Waals surface area (Å²) in [6, 6.07) is 3.76. The molecule has 0 saturated heterocycles. The minimum absolute atomic E-state index is 0.538. The van der Waals surface area contributed by atoms with Crippen molar-refractivity contribution in [3.63, 3.8) is 0 Å². The molecule has 0 amide bonds. The molecule has 96 valence electrons. The highest BCUT2D eigenvalue weighted by atomic mass is 79.9. The van der Waals surface area contributed by atoms with Gasteiger partial charge in [0.1, 0.15) is 5.69 Å². The summed E-state index contributed by atoms with van der Waals surface area (Å²) in [5, 5.41) is 3.93. The van der Waals surface area contributed by atoms with Crippen LogP contribution < -0.4 is 5.73 Å². The number of hydrogen-bond acceptors (Lipinski definition) is 5. The van der Waals surface area contributed by atoms with Gasteiger partial charge in [-0.2, -0.15) is 4.98 Å². The predicted molar refractivity (Wildman–Crippen MR) is 71.8 cm³/mol. The van der Waals surface area contributed by atoms with Gasteiger partial charge in [-0.25, -0.2) is 0 Å². The second-order valence-electron chi connectivity index (χ2n) is 3.97. The fraction of sp³-hybridized carbons (Fsp3) is 0.417. The lowest BCUT2D eigenvalue weighted by molar-refractivity contribution is 0.374. The van der Waals surface area contributed by atoms with Crippen LogP contribution in [0.2, 0.25) is 0 Å². The molecule has 0 unspecified atom stereocenters. The van der Waals surface area contributed by atoms with Crippen molar-refractivity contribution in [3.8, 4) is 11.5 Å². The smallest absolute Gasteiger partial charge is 0.227 e. The van der Waals surface area contributed by atoms with Gasteiger partial charge in [0.25, 0.3) is 0 Å². The van der Waals surface area contributed by atoms with Gasteiger partial charge in [-0.3, -0.25) is 4.98 Å². The molecule has 2 aromatic heterocycles. The highest BCUT2D eigenvalue weighted by molar-refractivity contribution is 9.10. The molecule has 0 fully saturated rings. The van der Waals surface area contributed by atoms with Crippen LogP contribution in [-0.2, 0) is 6.42 Å². The van der Waals surface area contributed by atoms with Crippen LogP contribution in [0.5, 0.6) is 0 Å². The Morgan fingerprint density at radius 2 is 2.11 bits per heavy atom. The third-order valence-electron chi connectivity index (χ3n) is 2.52. The normalized spacial score (nSPS) is 10.8. The van der Waals surface area contributed by atoms with E-state index in [0.717, 1.165) is 42.4 Å². The van der Waals surface area contributed by atoms with Crippen molar-refractivity contribution >= 4 is 15.9 Å². The monoisotopic (exact) mass is 310 g/mol. The van der Waals surface area contributed by atoms with E-state index in [1.54, 1.807) is 6.20 Å². The van der Waals surface area contributed by atoms with Crippen LogP contribution in [0, 0.1) is 0 Å². The lowest BCUT2D eigenvalue weighted by Crippen LogP contribution is -1.98. The van der Waals surface area contributed by atoms with Gasteiger partial charge in [0.05, 0.1) is 0 Å². The van der Waals surface area contributed by atoms with E-state index in [9.17, 15) is 0 Å². The molecule has 6 heteroatoms. The Bertz CT molecular complexity index is 483. The zero-order valence-corrected chi connectivity index (χ0v) is 11.6. The number of halogens is 1. The number of hydrogen-bond donors (Lipinski definition) is 1. The minimum atomic E-state index is 0.538. The van der Waals surface area contributed by atoms with Crippen molar-refractivity contribution in [2.24, 2.45) is 5.73 Å². The van der Waals surface area contributed by atoms with Crippen LogP contribution in [0.1, 0.15) is 25.2 Å². The van der Waals surface area contributed by atoms with Gasteiger partial charge >= 0.3 is 0 Å². The summed E-state index contributed by atoms with van der Waals surface area (Å²) in [6.45, 7) is 0.734. The molecule has 2 rings (SSSR count). The van der Waals surface area contributed by atoms with Crippen molar-refractivity contribution in [3.05, 3.63) is 28.7 Å². The molecule has 0 aliphatic heterocycles. The molecule has 0 aliphatic rings. The average molecular weight is 311 g/mol. The van der Waals surface area contributed by atoms with Gasteiger partial charge in [-0.1, -0.05) is 11.6 Å². The second kappa shape index (κ2) is 6.61. The van der Waals surface area contributed by atoms with Crippen LogP contribution >= 0.6 is 15.9 Å². The summed E-state index contributed by atoms with van der Waals surface area (Å²) in [7, 11) is 0. The SMILES string of the molecule is NCCCCCc1nc(-c2ccc(Br)cn2)no1. The van der Waals surface area contributed by atoms with E-state index in [1.165, 1.54) is 0 Å². The Morgan fingerprint density at radius 3 is 2.83 bits per heavy atom. The van der Waals surface area contributed by atoms with E-state index in [0.29, 0.717) is 11.7 Å². The molecule has 0 aliphatic carbocycles. The molecule has 0 atom stereocenters. The first-order chi connectivity index (χ1) is 8.79. The van der Waals surface area contributed by atoms with E-state index >= 15 is 0 Å². The van der Waals surface area contributed by atoms with E-state index in [4.69, 9.17) is 10.3 Å². The van der Waals surface area contributed by atoms with Crippen molar-refractivity contribution in [1.29, 1.82) is 0 Å². The Labute approximate surface area is 114 Å². The number of nitrogens with two attached hydrogens (primary N) is 1. The Kier molecular flexibility index (Phi) is 4.83. The highest BCUT2D eigenvalue weighted by Crippen LogP contribution is 2.16. The fourth-order valence-electron chi connectivity index (χ4n) is 1.57. The van der Waals surface area contributed by atoms with Gasteiger partial charge in [-0.15, -0.1) is 0 Å². The van der Waals surface area contributed by atoms with Crippen LogP contribution in [-0.4, -0.2) is 21.7 Å². The number of nitrogens with zero attached hydrogens (tertiary/aromatic N) is 3. The van der Waals surface area contributed by atoms with Gasteiger partial charge in [-0.05, 0) is 47.4 Å². The third-order valence-corrected chi connectivity index (χ3v) is 2.99. The first-order valence-electron chi connectivity index (χ1n) is 5.94.